The van der Waals surface area contributed by atoms with Crippen LogP contribution in [0.1, 0.15) is 17.7 Å². The van der Waals surface area contributed by atoms with Gasteiger partial charge in [0.25, 0.3) is 0 Å². The Kier molecular flexibility index (Phi) is 4.30. The third-order valence-corrected chi connectivity index (χ3v) is 2.88. The first-order valence-electron chi connectivity index (χ1n) is 6.27. The summed E-state index contributed by atoms with van der Waals surface area (Å²) >= 11 is 0. The number of hydrogen-bond donors (Lipinski definition) is 3. The van der Waals surface area contributed by atoms with Gasteiger partial charge in [-0.1, -0.05) is 30.3 Å². The van der Waals surface area contributed by atoms with Crippen LogP contribution in [0.5, 0.6) is 0 Å². The molecule has 0 aliphatic heterocycles. The quantitative estimate of drug-likeness (QED) is 0.762. The van der Waals surface area contributed by atoms with Gasteiger partial charge in [-0.2, -0.15) is 5.10 Å². The van der Waals surface area contributed by atoms with Gasteiger partial charge in [-0.05, 0) is 25.3 Å². The first kappa shape index (κ1) is 13.3. The number of hydrogen-bond acceptors (Lipinski definition) is 3. The van der Waals surface area contributed by atoms with Gasteiger partial charge in [-0.15, -0.1) is 0 Å². The van der Waals surface area contributed by atoms with Crippen molar-refractivity contribution in [3.63, 3.8) is 0 Å². The smallest absolute Gasteiger partial charge is 0.242 e. The number of carbonyl (C=O) groups is 1. The van der Waals surface area contributed by atoms with Gasteiger partial charge >= 0.3 is 0 Å². The molecule has 0 bridgehead atoms. The maximum Gasteiger partial charge on any atom is 0.242 e. The molecule has 0 saturated heterocycles. The molecule has 1 heterocycles. The molecular weight excluding hydrogens is 240 g/mol. The number of anilines is 1. The van der Waals surface area contributed by atoms with Crippen molar-refractivity contribution in [2.24, 2.45) is 5.73 Å². The summed E-state index contributed by atoms with van der Waals surface area (Å²) in [4.78, 5) is 11.9. The van der Waals surface area contributed by atoms with Crippen molar-refractivity contribution < 1.29 is 4.79 Å². The largest absolute Gasteiger partial charge is 0.320 e. The Morgan fingerprint density at radius 3 is 2.79 bits per heavy atom. The Morgan fingerprint density at radius 2 is 2.16 bits per heavy atom. The molecule has 0 fully saturated rings. The third kappa shape index (κ3) is 3.93. The Hall–Kier alpha value is -2.14. The van der Waals surface area contributed by atoms with Crippen molar-refractivity contribution in [3.8, 4) is 0 Å². The van der Waals surface area contributed by atoms with Gasteiger partial charge in [0.05, 0.1) is 6.04 Å². The zero-order chi connectivity index (χ0) is 13.7. The van der Waals surface area contributed by atoms with Gasteiger partial charge in [0.2, 0.25) is 5.91 Å². The normalized spacial score (nSPS) is 12.1. The number of nitrogens with one attached hydrogen (secondary N) is 2. The van der Waals surface area contributed by atoms with Gasteiger partial charge in [0, 0.05) is 11.8 Å². The lowest BCUT2D eigenvalue weighted by atomic mass is 10.1. The second kappa shape index (κ2) is 6.15. The molecule has 2 rings (SSSR count). The van der Waals surface area contributed by atoms with E-state index in [0.717, 1.165) is 12.1 Å². The molecule has 19 heavy (non-hydrogen) atoms. The molecule has 1 atom stereocenters. The van der Waals surface area contributed by atoms with E-state index in [1.54, 1.807) is 6.07 Å². The lowest BCUT2D eigenvalue weighted by molar-refractivity contribution is -0.117. The highest BCUT2D eigenvalue weighted by Crippen LogP contribution is 2.07. The number of benzene rings is 1. The van der Waals surface area contributed by atoms with Crippen LogP contribution in [0, 0.1) is 6.92 Å². The second-order valence-corrected chi connectivity index (χ2v) is 4.56. The van der Waals surface area contributed by atoms with Gasteiger partial charge in [0.15, 0.2) is 5.82 Å². The first-order chi connectivity index (χ1) is 9.15. The van der Waals surface area contributed by atoms with Crippen LogP contribution in [0.25, 0.3) is 0 Å². The van der Waals surface area contributed by atoms with E-state index in [2.05, 4.69) is 15.5 Å². The molecule has 1 aromatic heterocycles. The minimum atomic E-state index is -0.530. The van der Waals surface area contributed by atoms with E-state index >= 15 is 0 Å². The Morgan fingerprint density at radius 1 is 1.42 bits per heavy atom. The predicted octanol–water partition coefficient (Wildman–Crippen LogP) is 1.62. The molecule has 5 nitrogen and oxygen atoms in total. The van der Waals surface area contributed by atoms with E-state index in [4.69, 9.17) is 5.73 Å². The summed E-state index contributed by atoms with van der Waals surface area (Å²) in [6.45, 7) is 1.87. The fourth-order valence-electron chi connectivity index (χ4n) is 1.80. The van der Waals surface area contributed by atoms with E-state index in [-0.39, 0.29) is 5.91 Å². The van der Waals surface area contributed by atoms with Gasteiger partial charge < -0.3 is 11.1 Å². The number of nitrogens with zero attached hydrogens (tertiary/aromatic N) is 1. The van der Waals surface area contributed by atoms with Crippen molar-refractivity contribution >= 4 is 11.7 Å². The Bertz CT molecular complexity index is 535. The molecular formula is C14H18N4O. The monoisotopic (exact) mass is 258 g/mol. The molecule has 4 N–H and O–H groups in total. The summed E-state index contributed by atoms with van der Waals surface area (Å²) in [5.41, 5.74) is 7.95. The van der Waals surface area contributed by atoms with E-state index in [1.807, 2.05) is 37.3 Å². The first-order valence-corrected chi connectivity index (χ1v) is 6.27. The third-order valence-electron chi connectivity index (χ3n) is 2.88. The average molecular weight is 258 g/mol. The number of rotatable bonds is 5. The predicted molar refractivity (Wildman–Crippen MR) is 74.7 cm³/mol. The van der Waals surface area contributed by atoms with E-state index < -0.39 is 6.04 Å². The van der Waals surface area contributed by atoms with Gasteiger partial charge in [0.1, 0.15) is 0 Å². The molecule has 5 heteroatoms. The molecule has 0 unspecified atom stereocenters. The van der Waals surface area contributed by atoms with Crippen molar-refractivity contribution in [2.75, 3.05) is 5.32 Å². The summed E-state index contributed by atoms with van der Waals surface area (Å²) < 4.78 is 0. The summed E-state index contributed by atoms with van der Waals surface area (Å²) in [5, 5.41) is 9.40. The molecule has 0 aliphatic rings. The zero-order valence-corrected chi connectivity index (χ0v) is 10.9. The minimum absolute atomic E-state index is 0.206. The maximum atomic E-state index is 11.9. The molecule has 0 aliphatic carbocycles. The highest BCUT2D eigenvalue weighted by Gasteiger charge is 2.14. The summed E-state index contributed by atoms with van der Waals surface area (Å²) in [7, 11) is 0. The van der Waals surface area contributed by atoms with Gasteiger partial charge in [-0.3, -0.25) is 9.89 Å². The van der Waals surface area contributed by atoms with Crippen molar-refractivity contribution in [2.45, 2.75) is 25.8 Å². The number of amides is 1. The molecule has 1 aromatic carbocycles. The standard InChI is InChI=1S/C14H18N4O/c1-10-9-13(18-17-10)16-14(19)12(15)8-7-11-5-3-2-4-6-11/h2-6,9,12H,7-8,15H2,1H3,(H2,16,17,18,19)/t12-/m0/s1. The number of aromatic amines is 1. The fourth-order valence-corrected chi connectivity index (χ4v) is 1.80. The fraction of sp³-hybridized carbons (Fsp3) is 0.286. The number of H-pyrrole nitrogens is 1. The Labute approximate surface area is 112 Å². The summed E-state index contributed by atoms with van der Waals surface area (Å²) in [6, 6.07) is 11.2. The van der Waals surface area contributed by atoms with Crippen LogP contribution in [0.15, 0.2) is 36.4 Å². The van der Waals surface area contributed by atoms with E-state index in [1.165, 1.54) is 5.56 Å². The van der Waals surface area contributed by atoms with Crippen LogP contribution in [-0.2, 0) is 11.2 Å². The van der Waals surface area contributed by atoms with Crippen LogP contribution < -0.4 is 11.1 Å². The maximum absolute atomic E-state index is 11.9. The lowest BCUT2D eigenvalue weighted by Gasteiger charge is -2.10. The molecule has 1 amide bonds. The highest BCUT2D eigenvalue weighted by atomic mass is 16.2. The van der Waals surface area contributed by atoms with Gasteiger partial charge in [-0.25, -0.2) is 0 Å². The van der Waals surface area contributed by atoms with Crippen LogP contribution in [0.3, 0.4) is 0 Å². The molecule has 100 valence electrons. The van der Waals surface area contributed by atoms with Crippen LogP contribution in [-0.4, -0.2) is 22.1 Å². The SMILES string of the molecule is Cc1cc(NC(=O)[C@@H](N)CCc2ccccc2)n[nH]1. The van der Waals surface area contributed by atoms with Crippen molar-refractivity contribution in [3.05, 3.63) is 47.7 Å². The summed E-state index contributed by atoms with van der Waals surface area (Å²) in [6.07, 6.45) is 1.40. The van der Waals surface area contributed by atoms with Crippen molar-refractivity contribution in [1.29, 1.82) is 0 Å². The van der Waals surface area contributed by atoms with E-state index in [9.17, 15) is 4.79 Å². The number of nitrogens with two attached hydrogens (primary N) is 1. The lowest BCUT2D eigenvalue weighted by Crippen LogP contribution is -2.36. The molecule has 0 saturated carbocycles. The van der Waals surface area contributed by atoms with Crippen LogP contribution in [0.2, 0.25) is 0 Å². The molecule has 0 radical (unpaired) electrons. The minimum Gasteiger partial charge on any atom is -0.320 e. The summed E-state index contributed by atoms with van der Waals surface area (Å²) in [5.74, 6) is 0.306. The number of aryl methyl sites for hydroxylation is 2. The van der Waals surface area contributed by atoms with Crippen LogP contribution >= 0.6 is 0 Å². The highest BCUT2D eigenvalue weighted by molar-refractivity contribution is 5.93. The van der Waals surface area contributed by atoms with E-state index in [0.29, 0.717) is 12.2 Å². The van der Waals surface area contributed by atoms with Crippen LogP contribution in [0.4, 0.5) is 5.82 Å². The average Bonchev–Trinajstić information content (AvgIpc) is 2.82. The second-order valence-electron chi connectivity index (χ2n) is 4.56. The zero-order valence-electron chi connectivity index (χ0n) is 10.9. The Balaban J connectivity index is 1.82. The number of carbonyl (C=O) groups excluding carboxylic acids is 1. The molecule has 2 aromatic rings. The number of aromatic nitrogens is 2. The van der Waals surface area contributed by atoms with Crippen molar-refractivity contribution in [1.82, 2.24) is 10.2 Å². The topological polar surface area (TPSA) is 83.8 Å². The molecule has 0 spiro atoms.